The van der Waals surface area contributed by atoms with Crippen LogP contribution in [0.2, 0.25) is 5.02 Å². The molecule has 0 unspecified atom stereocenters. The summed E-state index contributed by atoms with van der Waals surface area (Å²) < 4.78 is 21.8. The summed E-state index contributed by atoms with van der Waals surface area (Å²) in [6.45, 7) is 0.609. The van der Waals surface area contributed by atoms with Crippen molar-refractivity contribution >= 4 is 29.1 Å². The minimum absolute atomic E-state index is 0.251. The van der Waals surface area contributed by atoms with Gasteiger partial charge in [0.05, 0.1) is 40.7 Å². The molecular weight excluding hydrogens is 544 g/mol. The number of amides is 2. The Balaban J connectivity index is 1.61. The van der Waals surface area contributed by atoms with E-state index in [1.165, 1.54) is 21.3 Å². The Bertz CT molecular complexity index is 1460. The van der Waals surface area contributed by atoms with Gasteiger partial charge in [-0.25, -0.2) is 0 Å². The van der Waals surface area contributed by atoms with Gasteiger partial charge in [0.15, 0.2) is 11.5 Å². The lowest BCUT2D eigenvalue weighted by Gasteiger charge is -2.25. The Labute approximate surface area is 244 Å². The van der Waals surface area contributed by atoms with E-state index in [0.717, 1.165) is 11.1 Å². The fourth-order valence-electron chi connectivity index (χ4n) is 4.22. The lowest BCUT2D eigenvalue weighted by molar-refractivity contribution is 0.0947. The van der Waals surface area contributed by atoms with Gasteiger partial charge in [0.1, 0.15) is 5.75 Å². The van der Waals surface area contributed by atoms with E-state index in [1.54, 1.807) is 60.5 Å². The van der Waals surface area contributed by atoms with Crippen molar-refractivity contribution < 1.29 is 28.5 Å². The summed E-state index contributed by atoms with van der Waals surface area (Å²) in [5.41, 5.74) is 3.19. The number of nitrogens with one attached hydrogen (secondary N) is 1. The Kier molecular flexibility index (Phi) is 9.71. The minimum Gasteiger partial charge on any atom is -0.497 e. The fraction of sp³-hybridized carbons (Fsp3) is 0.188. The maximum Gasteiger partial charge on any atom is 0.258 e. The number of carbonyl (C=O) groups excluding carboxylic acids is 2. The van der Waals surface area contributed by atoms with Gasteiger partial charge in [-0.05, 0) is 59.7 Å². The molecule has 212 valence electrons. The van der Waals surface area contributed by atoms with Crippen LogP contribution in [0.3, 0.4) is 0 Å². The van der Waals surface area contributed by atoms with Crippen LogP contribution in [0.4, 0.5) is 5.69 Å². The van der Waals surface area contributed by atoms with Crippen molar-refractivity contribution in [2.45, 2.75) is 13.1 Å². The van der Waals surface area contributed by atoms with Gasteiger partial charge < -0.3 is 29.2 Å². The molecule has 1 N–H and O–H groups in total. The average Bonchev–Trinajstić information content (AvgIpc) is 3.02. The van der Waals surface area contributed by atoms with Gasteiger partial charge in [0.2, 0.25) is 5.75 Å². The second-order valence-electron chi connectivity index (χ2n) is 9.01. The predicted molar refractivity (Wildman–Crippen MR) is 159 cm³/mol. The van der Waals surface area contributed by atoms with Crippen LogP contribution >= 0.6 is 11.6 Å². The van der Waals surface area contributed by atoms with Crippen molar-refractivity contribution in [2.24, 2.45) is 0 Å². The van der Waals surface area contributed by atoms with Gasteiger partial charge >= 0.3 is 0 Å². The first-order valence-corrected chi connectivity index (χ1v) is 13.1. The second-order valence-corrected chi connectivity index (χ2v) is 9.45. The van der Waals surface area contributed by atoms with Crippen LogP contribution in [0.1, 0.15) is 31.8 Å². The highest BCUT2D eigenvalue weighted by Crippen LogP contribution is 2.41. The van der Waals surface area contributed by atoms with E-state index in [4.69, 9.17) is 30.5 Å². The summed E-state index contributed by atoms with van der Waals surface area (Å²) in [6.07, 6.45) is 0. The molecule has 0 heterocycles. The Morgan fingerprint density at radius 3 is 1.80 bits per heavy atom. The number of hydrogen-bond acceptors (Lipinski definition) is 6. The smallest absolute Gasteiger partial charge is 0.258 e. The van der Waals surface area contributed by atoms with E-state index >= 15 is 0 Å². The molecule has 0 fully saturated rings. The number of halogens is 1. The average molecular weight is 575 g/mol. The lowest BCUT2D eigenvalue weighted by Crippen LogP contribution is -2.30. The molecule has 0 aliphatic rings. The zero-order valence-electron chi connectivity index (χ0n) is 23.3. The van der Waals surface area contributed by atoms with Crippen molar-refractivity contribution in [1.29, 1.82) is 0 Å². The van der Waals surface area contributed by atoms with Crippen LogP contribution in [0.25, 0.3) is 0 Å². The standard InChI is InChI=1S/C32H31ClN2O6/c1-38-27-15-7-22(8-16-27)20-35(26-17-28(39-2)30(41-4)29(18-26)40-3)32(37)24-11-9-23(10-12-24)31(36)34-19-21-5-13-25(33)14-6-21/h5-18H,19-20H2,1-4H3,(H,34,36). The SMILES string of the molecule is COc1ccc(CN(C(=O)c2ccc(C(=O)NCc3ccc(Cl)cc3)cc2)c2cc(OC)c(OC)c(OC)c2)cc1. The number of anilines is 1. The number of ether oxygens (including phenoxy) is 4. The van der Waals surface area contributed by atoms with Gasteiger partial charge in [0, 0.05) is 34.8 Å². The summed E-state index contributed by atoms with van der Waals surface area (Å²) in [6, 6.07) is 24.7. The molecule has 0 saturated heterocycles. The normalized spacial score (nSPS) is 10.5. The number of methoxy groups -OCH3 is 4. The molecule has 0 bridgehead atoms. The van der Waals surface area contributed by atoms with E-state index < -0.39 is 0 Å². The molecule has 9 heteroatoms. The van der Waals surface area contributed by atoms with E-state index in [-0.39, 0.29) is 18.4 Å². The van der Waals surface area contributed by atoms with Gasteiger partial charge in [-0.15, -0.1) is 0 Å². The molecule has 4 rings (SSSR count). The second kappa shape index (κ2) is 13.6. The maximum atomic E-state index is 13.9. The molecule has 4 aromatic carbocycles. The predicted octanol–water partition coefficient (Wildman–Crippen LogP) is 6.15. The van der Waals surface area contributed by atoms with Gasteiger partial charge in [-0.2, -0.15) is 0 Å². The number of rotatable bonds is 11. The summed E-state index contributed by atoms with van der Waals surface area (Å²) in [7, 11) is 6.16. The molecule has 0 spiro atoms. The third-order valence-corrected chi connectivity index (χ3v) is 6.72. The summed E-state index contributed by atoms with van der Waals surface area (Å²) in [4.78, 5) is 28.3. The van der Waals surface area contributed by atoms with Crippen molar-refractivity contribution in [2.75, 3.05) is 33.3 Å². The van der Waals surface area contributed by atoms with Crippen LogP contribution in [0.15, 0.2) is 84.9 Å². The van der Waals surface area contributed by atoms with Crippen LogP contribution in [0, 0.1) is 0 Å². The first kappa shape index (κ1) is 29.3. The molecule has 4 aromatic rings. The van der Waals surface area contributed by atoms with Gasteiger partial charge in [-0.3, -0.25) is 9.59 Å². The van der Waals surface area contributed by atoms with Crippen molar-refractivity contribution in [3.63, 3.8) is 0 Å². The topological polar surface area (TPSA) is 86.3 Å². The van der Waals surface area contributed by atoms with Crippen LogP contribution in [-0.4, -0.2) is 40.3 Å². The molecule has 0 aliphatic carbocycles. The molecule has 0 saturated carbocycles. The zero-order chi connectivity index (χ0) is 29.4. The fourth-order valence-corrected chi connectivity index (χ4v) is 4.35. The third-order valence-electron chi connectivity index (χ3n) is 6.47. The summed E-state index contributed by atoms with van der Waals surface area (Å²) in [5.74, 6) is 1.44. The van der Waals surface area contributed by atoms with Gasteiger partial charge in [0.25, 0.3) is 11.8 Å². The van der Waals surface area contributed by atoms with E-state index in [1.807, 2.05) is 36.4 Å². The van der Waals surface area contributed by atoms with Crippen molar-refractivity contribution in [1.82, 2.24) is 5.32 Å². The third kappa shape index (κ3) is 7.10. The Morgan fingerprint density at radius 1 is 0.707 bits per heavy atom. The number of nitrogens with zero attached hydrogens (tertiary/aromatic N) is 1. The monoisotopic (exact) mass is 574 g/mol. The summed E-state index contributed by atoms with van der Waals surface area (Å²) >= 11 is 5.93. The highest BCUT2D eigenvalue weighted by Gasteiger charge is 2.23. The maximum absolute atomic E-state index is 13.9. The van der Waals surface area contributed by atoms with Crippen molar-refractivity contribution in [3.8, 4) is 23.0 Å². The number of carbonyl (C=O) groups is 2. The lowest BCUT2D eigenvalue weighted by atomic mass is 10.1. The molecule has 0 aromatic heterocycles. The first-order valence-electron chi connectivity index (χ1n) is 12.7. The van der Waals surface area contributed by atoms with Crippen LogP contribution in [-0.2, 0) is 13.1 Å². The molecule has 2 amide bonds. The Hall–Kier alpha value is -4.69. The molecular formula is C32H31ClN2O6. The molecule has 0 atom stereocenters. The minimum atomic E-state index is -0.275. The van der Waals surface area contributed by atoms with Crippen LogP contribution < -0.4 is 29.2 Å². The van der Waals surface area contributed by atoms with Crippen molar-refractivity contribution in [3.05, 3.63) is 112 Å². The highest BCUT2D eigenvalue weighted by molar-refractivity contribution is 6.30. The largest absolute Gasteiger partial charge is 0.497 e. The molecule has 0 radical (unpaired) electrons. The van der Waals surface area contributed by atoms with Crippen LogP contribution in [0.5, 0.6) is 23.0 Å². The molecule has 8 nitrogen and oxygen atoms in total. The number of benzene rings is 4. The Morgan fingerprint density at radius 2 is 1.27 bits per heavy atom. The van der Waals surface area contributed by atoms with E-state index in [9.17, 15) is 9.59 Å². The molecule has 0 aliphatic heterocycles. The first-order chi connectivity index (χ1) is 19.9. The number of hydrogen-bond donors (Lipinski definition) is 1. The van der Waals surface area contributed by atoms with Gasteiger partial charge in [-0.1, -0.05) is 35.9 Å². The zero-order valence-corrected chi connectivity index (χ0v) is 24.0. The van der Waals surface area contributed by atoms with E-state index in [2.05, 4.69) is 5.32 Å². The van der Waals surface area contributed by atoms with E-state index in [0.29, 0.717) is 51.4 Å². The highest BCUT2D eigenvalue weighted by atomic mass is 35.5. The molecule has 41 heavy (non-hydrogen) atoms. The summed E-state index contributed by atoms with van der Waals surface area (Å²) in [5, 5.41) is 3.52. The quantitative estimate of drug-likeness (QED) is 0.231.